The molecule has 3 rings (SSSR count). The summed E-state index contributed by atoms with van der Waals surface area (Å²) in [5.74, 6) is -0.0517. The van der Waals surface area contributed by atoms with Crippen LogP contribution in [0, 0.1) is 6.92 Å². The van der Waals surface area contributed by atoms with Gasteiger partial charge >= 0.3 is 0 Å². The third-order valence-electron chi connectivity index (χ3n) is 5.75. The number of aryl methyl sites for hydroxylation is 1. The molecule has 1 atom stereocenters. The van der Waals surface area contributed by atoms with E-state index in [2.05, 4.69) is 5.32 Å². The molecule has 1 aliphatic heterocycles. The standard InChI is InChI=1S/C25H33N3O6S/c1-5-26-25(30)19(4)27(16-20-9-7-8-18(3)14-20)24(29)17-28(35(31,32)6-2)21-10-11-22-23(15-21)34-13-12-33-22/h7-11,14-15,19H,5-6,12-13,16-17H2,1-4H3,(H,26,30)/t19-/m1/s1. The van der Waals surface area contributed by atoms with Crippen molar-refractivity contribution in [3.05, 3.63) is 53.6 Å². The van der Waals surface area contributed by atoms with E-state index in [1.165, 1.54) is 11.8 Å². The van der Waals surface area contributed by atoms with Crippen molar-refractivity contribution in [3.63, 3.8) is 0 Å². The Balaban J connectivity index is 1.95. The number of anilines is 1. The third-order valence-corrected chi connectivity index (χ3v) is 7.49. The Labute approximate surface area is 207 Å². The van der Waals surface area contributed by atoms with E-state index < -0.39 is 28.5 Å². The number of carbonyl (C=O) groups is 2. The SMILES string of the molecule is CCNC(=O)[C@@H](C)N(Cc1cccc(C)c1)C(=O)CN(c1ccc2c(c1)OCCO2)S(=O)(=O)CC. The highest BCUT2D eigenvalue weighted by Crippen LogP contribution is 2.35. The molecule has 1 aliphatic rings. The van der Waals surface area contributed by atoms with Crippen LogP contribution >= 0.6 is 0 Å². The van der Waals surface area contributed by atoms with Crippen LogP contribution in [-0.4, -0.2) is 63.2 Å². The Bertz CT molecular complexity index is 1170. The maximum absolute atomic E-state index is 13.6. The summed E-state index contributed by atoms with van der Waals surface area (Å²) in [5.41, 5.74) is 2.16. The molecule has 0 aromatic heterocycles. The molecular formula is C25H33N3O6S. The number of rotatable bonds is 10. The Hall–Kier alpha value is -3.27. The van der Waals surface area contributed by atoms with Crippen molar-refractivity contribution in [1.29, 1.82) is 0 Å². The van der Waals surface area contributed by atoms with Gasteiger partial charge < -0.3 is 19.7 Å². The number of hydrogen-bond acceptors (Lipinski definition) is 6. The number of likely N-dealkylation sites (N-methyl/N-ethyl adjacent to an activating group) is 1. The molecule has 0 saturated heterocycles. The zero-order valence-electron chi connectivity index (χ0n) is 20.6. The highest BCUT2D eigenvalue weighted by atomic mass is 32.2. The molecule has 0 saturated carbocycles. The molecule has 0 radical (unpaired) electrons. The molecular weight excluding hydrogens is 470 g/mol. The van der Waals surface area contributed by atoms with Crippen LogP contribution in [0.15, 0.2) is 42.5 Å². The first kappa shape index (κ1) is 26.3. The topological polar surface area (TPSA) is 105 Å². The molecule has 1 N–H and O–H groups in total. The summed E-state index contributed by atoms with van der Waals surface area (Å²) in [5, 5.41) is 2.74. The quantitative estimate of drug-likeness (QED) is 0.534. The molecule has 2 aromatic rings. The Kier molecular flexibility index (Phi) is 8.61. The van der Waals surface area contributed by atoms with Gasteiger partial charge in [-0.2, -0.15) is 0 Å². The number of amides is 2. The van der Waals surface area contributed by atoms with E-state index in [9.17, 15) is 18.0 Å². The third kappa shape index (κ3) is 6.45. The van der Waals surface area contributed by atoms with Gasteiger partial charge in [-0.1, -0.05) is 29.8 Å². The second-order valence-corrected chi connectivity index (χ2v) is 10.5. The lowest BCUT2D eigenvalue weighted by Crippen LogP contribution is -2.51. The van der Waals surface area contributed by atoms with Crippen LogP contribution in [-0.2, 0) is 26.2 Å². The molecule has 0 bridgehead atoms. The van der Waals surface area contributed by atoms with Crippen LogP contribution < -0.4 is 19.1 Å². The predicted octanol–water partition coefficient (Wildman–Crippen LogP) is 2.48. The fourth-order valence-corrected chi connectivity index (χ4v) is 4.87. The maximum Gasteiger partial charge on any atom is 0.244 e. The van der Waals surface area contributed by atoms with Crippen molar-refractivity contribution in [3.8, 4) is 11.5 Å². The predicted molar refractivity (Wildman–Crippen MR) is 134 cm³/mol. The van der Waals surface area contributed by atoms with E-state index in [0.29, 0.717) is 36.9 Å². The maximum atomic E-state index is 13.6. The van der Waals surface area contributed by atoms with E-state index >= 15 is 0 Å². The molecule has 0 unspecified atom stereocenters. The van der Waals surface area contributed by atoms with Gasteiger partial charge in [0.2, 0.25) is 21.8 Å². The Morgan fingerprint density at radius 3 is 2.43 bits per heavy atom. The fourth-order valence-electron chi connectivity index (χ4n) is 3.82. The number of ether oxygens (including phenoxy) is 2. The first-order chi connectivity index (χ1) is 16.7. The first-order valence-corrected chi connectivity index (χ1v) is 13.3. The monoisotopic (exact) mass is 503 g/mol. The number of carbonyl (C=O) groups excluding carboxylic acids is 2. The van der Waals surface area contributed by atoms with Gasteiger partial charge in [0.15, 0.2) is 11.5 Å². The fraction of sp³-hybridized carbons (Fsp3) is 0.440. The number of benzene rings is 2. The van der Waals surface area contributed by atoms with Crippen molar-refractivity contribution in [2.24, 2.45) is 0 Å². The largest absolute Gasteiger partial charge is 0.486 e. The van der Waals surface area contributed by atoms with E-state index in [4.69, 9.17) is 9.47 Å². The molecule has 9 nitrogen and oxygen atoms in total. The van der Waals surface area contributed by atoms with E-state index in [1.807, 2.05) is 31.2 Å². The zero-order chi connectivity index (χ0) is 25.6. The average Bonchev–Trinajstić information content (AvgIpc) is 2.85. The molecule has 0 fully saturated rings. The van der Waals surface area contributed by atoms with Gasteiger partial charge in [0, 0.05) is 19.2 Å². The summed E-state index contributed by atoms with van der Waals surface area (Å²) in [7, 11) is -3.82. The molecule has 2 aromatic carbocycles. The van der Waals surface area contributed by atoms with Crippen LogP contribution in [0.3, 0.4) is 0 Å². The van der Waals surface area contributed by atoms with E-state index in [1.54, 1.807) is 32.0 Å². The van der Waals surface area contributed by atoms with Gasteiger partial charge in [0.1, 0.15) is 25.8 Å². The second-order valence-electron chi connectivity index (χ2n) is 8.32. The molecule has 0 aliphatic carbocycles. The molecule has 0 spiro atoms. The number of fused-ring (bicyclic) bond motifs is 1. The number of hydrogen-bond donors (Lipinski definition) is 1. The van der Waals surface area contributed by atoms with Crippen LogP contribution in [0.25, 0.3) is 0 Å². The van der Waals surface area contributed by atoms with Gasteiger partial charge in [-0.05, 0) is 45.4 Å². The van der Waals surface area contributed by atoms with Crippen molar-refractivity contribution >= 4 is 27.5 Å². The van der Waals surface area contributed by atoms with Crippen LogP contribution in [0.2, 0.25) is 0 Å². The lowest BCUT2D eigenvalue weighted by Gasteiger charge is -2.32. The summed E-state index contributed by atoms with van der Waals surface area (Å²) >= 11 is 0. The summed E-state index contributed by atoms with van der Waals surface area (Å²) in [6.45, 7) is 7.80. The average molecular weight is 504 g/mol. The normalized spacial score (nSPS) is 13.6. The van der Waals surface area contributed by atoms with Crippen molar-refractivity contribution in [2.45, 2.75) is 40.3 Å². The minimum absolute atomic E-state index is 0.167. The van der Waals surface area contributed by atoms with E-state index in [0.717, 1.165) is 15.4 Å². The minimum Gasteiger partial charge on any atom is -0.486 e. The highest BCUT2D eigenvalue weighted by Gasteiger charge is 2.31. The second kappa shape index (κ2) is 11.4. The highest BCUT2D eigenvalue weighted by molar-refractivity contribution is 7.92. The molecule has 35 heavy (non-hydrogen) atoms. The summed E-state index contributed by atoms with van der Waals surface area (Å²) in [6, 6.07) is 11.6. The van der Waals surface area contributed by atoms with Crippen LogP contribution in [0.4, 0.5) is 5.69 Å². The van der Waals surface area contributed by atoms with Crippen molar-refractivity contribution in [1.82, 2.24) is 10.2 Å². The van der Waals surface area contributed by atoms with Crippen LogP contribution in [0.1, 0.15) is 31.9 Å². The zero-order valence-corrected chi connectivity index (χ0v) is 21.4. The molecule has 10 heteroatoms. The minimum atomic E-state index is -3.82. The van der Waals surface area contributed by atoms with E-state index in [-0.39, 0.29) is 18.2 Å². The van der Waals surface area contributed by atoms with Gasteiger partial charge in [-0.25, -0.2) is 8.42 Å². The van der Waals surface area contributed by atoms with Gasteiger partial charge in [-0.3, -0.25) is 13.9 Å². The van der Waals surface area contributed by atoms with Gasteiger partial charge in [0.05, 0.1) is 11.4 Å². The van der Waals surface area contributed by atoms with Crippen LogP contribution in [0.5, 0.6) is 11.5 Å². The first-order valence-electron chi connectivity index (χ1n) is 11.7. The molecule has 1 heterocycles. The number of sulfonamides is 1. The molecule has 2 amide bonds. The number of nitrogens with one attached hydrogen (secondary N) is 1. The summed E-state index contributed by atoms with van der Waals surface area (Å²) in [4.78, 5) is 27.7. The summed E-state index contributed by atoms with van der Waals surface area (Å²) in [6.07, 6.45) is 0. The van der Waals surface area contributed by atoms with Gasteiger partial charge in [-0.15, -0.1) is 0 Å². The lowest BCUT2D eigenvalue weighted by atomic mass is 10.1. The number of nitrogens with zero attached hydrogens (tertiary/aromatic N) is 2. The van der Waals surface area contributed by atoms with Crippen molar-refractivity contribution in [2.75, 3.05) is 36.4 Å². The smallest absolute Gasteiger partial charge is 0.244 e. The Morgan fingerprint density at radius 2 is 1.77 bits per heavy atom. The van der Waals surface area contributed by atoms with Crippen molar-refractivity contribution < 1.29 is 27.5 Å². The summed E-state index contributed by atoms with van der Waals surface area (Å²) < 4.78 is 38.3. The lowest BCUT2D eigenvalue weighted by molar-refractivity contribution is -0.139. The molecule has 190 valence electrons. The Morgan fingerprint density at radius 1 is 1.06 bits per heavy atom. The van der Waals surface area contributed by atoms with Gasteiger partial charge in [0.25, 0.3) is 0 Å².